The smallest absolute Gasteiger partial charge is 0.215 e. The van der Waals surface area contributed by atoms with Gasteiger partial charge in [0.25, 0.3) is 0 Å². The molecule has 2 aromatic rings. The van der Waals surface area contributed by atoms with Crippen molar-refractivity contribution in [3.05, 3.63) is 47.5 Å². The van der Waals surface area contributed by atoms with E-state index >= 15 is 0 Å². The number of benzene rings is 1. The largest absolute Gasteiger partial charge is 0.357 e. The average Bonchev–Trinajstić information content (AvgIpc) is 3.02. The molecule has 27 heavy (non-hydrogen) atoms. The van der Waals surface area contributed by atoms with Crippen molar-refractivity contribution in [2.24, 2.45) is 12.0 Å². The minimum atomic E-state index is -3.29. The molecule has 1 aromatic carbocycles. The van der Waals surface area contributed by atoms with Gasteiger partial charge in [-0.25, -0.2) is 23.1 Å². The van der Waals surface area contributed by atoms with E-state index in [1.54, 1.807) is 10.7 Å². The molecule has 0 aliphatic rings. The molecule has 0 unspecified atom stereocenters. The molecule has 150 valence electrons. The highest BCUT2D eigenvalue weighted by molar-refractivity contribution is 14.0. The molecule has 0 atom stereocenters. The summed E-state index contributed by atoms with van der Waals surface area (Å²) in [5.74, 6) is 1.41. The van der Waals surface area contributed by atoms with Crippen LogP contribution in [-0.2, 0) is 35.9 Å². The molecule has 3 N–H and O–H groups in total. The van der Waals surface area contributed by atoms with E-state index in [1.165, 1.54) is 13.4 Å². The maximum Gasteiger partial charge on any atom is 0.215 e. The lowest BCUT2D eigenvalue weighted by atomic mass is 10.1. The molecule has 1 heterocycles. The molecule has 0 radical (unpaired) electrons. The van der Waals surface area contributed by atoms with Crippen LogP contribution in [0.3, 0.4) is 0 Å². The Morgan fingerprint density at radius 1 is 1.26 bits per heavy atom. The number of aryl methyl sites for hydroxylation is 1. The minimum Gasteiger partial charge on any atom is -0.357 e. The lowest BCUT2D eigenvalue weighted by molar-refractivity contribution is 0.587. The van der Waals surface area contributed by atoms with E-state index in [1.807, 2.05) is 32.2 Å². The molecule has 0 saturated heterocycles. The molecule has 0 saturated carbocycles. The van der Waals surface area contributed by atoms with Gasteiger partial charge < -0.3 is 10.6 Å². The summed E-state index contributed by atoms with van der Waals surface area (Å²) in [4.78, 5) is 8.71. The highest BCUT2D eigenvalue weighted by Crippen LogP contribution is 2.09. The van der Waals surface area contributed by atoms with Gasteiger partial charge in [0.15, 0.2) is 5.96 Å². The predicted molar refractivity (Wildman–Crippen MR) is 116 cm³/mol. The standard InChI is InChI=1S/C16H25N7O2S.HI/c1-4-18-16(20-10-15-21-12-22-23(15)3)19-9-13-6-5-7-14(8-13)11-26(24,25)17-2;/h5-8,12,17H,4,9-11H2,1-3H3,(H2,18,19,20);1H. The summed E-state index contributed by atoms with van der Waals surface area (Å²) in [5, 5.41) is 10.4. The number of nitrogens with zero attached hydrogens (tertiary/aromatic N) is 4. The number of aliphatic imine (C=N–C) groups is 1. The number of hydrogen-bond acceptors (Lipinski definition) is 5. The zero-order valence-corrected chi connectivity index (χ0v) is 18.8. The first kappa shape index (κ1) is 23.3. The van der Waals surface area contributed by atoms with Gasteiger partial charge in [-0.3, -0.25) is 4.68 Å². The highest BCUT2D eigenvalue weighted by Gasteiger charge is 2.09. The summed E-state index contributed by atoms with van der Waals surface area (Å²) < 4.78 is 27.4. The predicted octanol–water partition coefficient (Wildman–Crippen LogP) is 0.738. The van der Waals surface area contributed by atoms with Gasteiger partial charge in [-0.05, 0) is 25.1 Å². The van der Waals surface area contributed by atoms with Crippen molar-refractivity contribution in [1.82, 2.24) is 30.1 Å². The maximum atomic E-state index is 11.7. The number of nitrogens with one attached hydrogen (secondary N) is 3. The Balaban J connectivity index is 0.00000364. The topological polar surface area (TPSA) is 113 Å². The van der Waals surface area contributed by atoms with Crippen LogP contribution in [0, 0.1) is 0 Å². The molecule has 9 nitrogen and oxygen atoms in total. The van der Waals surface area contributed by atoms with Crippen molar-refractivity contribution in [2.45, 2.75) is 25.8 Å². The molecule has 0 fully saturated rings. The van der Waals surface area contributed by atoms with Crippen LogP contribution in [0.15, 0.2) is 35.6 Å². The number of halogens is 1. The maximum absolute atomic E-state index is 11.7. The van der Waals surface area contributed by atoms with Crippen LogP contribution in [0.4, 0.5) is 0 Å². The van der Waals surface area contributed by atoms with Gasteiger partial charge in [0.2, 0.25) is 10.0 Å². The number of rotatable bonds is 8. The van der Waals surface area contributed by atoms with E-state index in [4.69, 9.17) is 0 Å². The van der Waals surface area contributed by atoms with Gasteiger partial charge in [0.1, 0.15) is 12.2 Å². The summed E-state index contributed by atoms with van der Waals surface area (Å²) in [6.07, 6.45) is 1.51. The second-order valence-corrected chi connectivity index (χ2v) is 7.56. The first-order valence-corrected chi connectivity index (χ1v) is 9.93. The fourth-order valence-electron chi connectivity index (χ4n) is 2.26. The molecule has 1 aromatic heterocycles. The summed E-state index contributed by atoms with van der Waals surface area (Å²) in [6, 6.07) is 7.40. The van der Waals surface area contributed by atoms with E-state index in [-0.39, 0.29) is 29.7 Å². The van der Waals surface area contributed by atoms with Gasteiger partial charge in [-0.15, -0.1) is 24.0 Å². The first-order valence-electron chi connectivity index (χ1n) is 8.27. The first-order chi connectivity index (χ1) is 12.4. The Kier molecular flexibility index (Phi) is 9.66. The van der Waals surface area contributed by atoms with Crippen LogP contribution in [0.5, 0.6) is 0 Å². The Morgan fingerprint density at radius 3 is 2.63 bits per heavy atom. The van der Waals surface area contributed by atoms with Crippen LogP contribution >= 0.6 is 24.0 Å². The van der Waals surface area contributed by atoms with Crippen molar-refractivity contribution < 1.29 is 8.42 Å². The molecule has 11 heteroatoms. The molecular formula is C16H26IN7O2S. The van der Waals surface area contributed by atoms with E-state index in [0.717, 1.165) is 23.5 Å². The Labute approximate surface area is 177 Å². The van der Waals surface area contributed by atoms with Crippen molar-refractivity contribution in [2.75, 3.05) is 13.6 Å². The van der Waals surface area contributed by atoms with Crippen molar-refractivity contribution >= 4 is 40.0 Å². The fraction of sp³-hybridized carbons (Fsp3) is 0.438. The van der Waals surface area contributed by atoms with Gasteiger partial charge in [0.05, 0.1) is 18.8 Å². The number of guanidine groups is 1. The second kappa shape index (κ2) is 11.2. The van der Waals surface area contributed by atoms with E-state index in [0.29, 0.717) is 19.0 Å². The lowest BCUT2D eigenvalue weighted by Gasteiger charge is -2.11. The van der Waals surface area contributed by atoms with Crippen LogP contribution < -0.4 is 15.4 Å². The van der Waals surface area contributed by atoms with Crippen molar-refractivity contribution in [3.63, 3.8) is 0 Å². The van der Waals surface area contributed by atoms with Gasteiger partial charge in [-0.2, -0.15) is 5.10 Å². The van der Waals surface area contributed by atoms with E-state index in [2.05, 4.69) is 30.4 Å². The number of sulfonamides is 1. The molecule has 0 bridgehead atoms. The molecule has 0 aliphatic heterocycles. The third kappa shape index (κ3) is 7.81. The lowest BCUT2D eigenvalue weighted by Crippen LogP contribution is -2.37. The number of hydrogen-bond donors (Lipinski definition) is 3. The normalized spacial score (nSPS) is 11.7. The summed E-state index contributed by atoms with van der Waals surface area (Å²) in [7, 11) is -0.0489. The summed E-state index contributed by atoms with van der Waals surface area (Å²) in [6.45, 7) is 3.65. The van der Waals surface area contributed by atoms with Crippen LogP contribution in [0.1, 0.15) is 23.9 Å². The van der Waals surface area contributed by atoms with Crippen molar-refractivity contribution in [3.8, 4) is 0 Å². The second-order valence-electron chi connectivity index (χ2n) is 5.63. The third-order valence-corrected chi connectivity index (χ3v) is 4.98. The molecule has 0 amide bonds. The molecular weight excluding hydrogens is 481 g/mol. The van der Waals surface area contributed by atoms with Gasteiger partial charge in [0, 0.05) is 13.6 Å². The molecule has 0 spiro atoms. The quantitative estimate of drug-likeness (QED) is 0.276. The van der Waals surface area contributed by atoms with Crippen molar-refractivity contribution in [1.29, 1.82) is 0 Å². The Morgan fingerprint density at radius 2 is 2.00 bits per heavy atom. The van der Waals surface area contributed by atoms with Crippen LogP contribution in [0.2, 0.25) is 0 Å². The number of aromatic nitrogens is 3. The Bertz CT molecular complexity index is 852. The van der Waals surface area contributed by atoms with Gasteiger partial charge >= 0.3 is 0 Å². The van der Waals surface area contributed by atoms with E-state index < -0.39 is 10.0 Å². The zero-order chi connectivity index (χ0) is 19.0. The minimum absolute atomic E-state index is 0. The molecule has 0 aliphatic carbocycles. The Hall–Kier alpha value is -1.73. The molecule has 2 rings (SSSR count). The summed E-state index contributed by atoms with van der Waals surface area (Å²) in [5.41, 5.74) is 1.66. The van der Waals surface area contributed by atoms with E-state index in [9.17, 15) is 8.42 Å². The fourth-order valence-corrected chi connectivity index (χ4v) is 3.03. The SMILES string of the molecule is CCNC(=NCc1cccc(CS(=O)(=O)NC)c1)NCc1ncnn1C.I. The van der Waals surface area contributed by atoms with Crippen LogP contribution in [0.25, 0.3) is 0 Å². The average molecular weight is 507 g/mol. The zero-order valence-electron chi connectivity index (χ0n) is 15.6. The third-order valence-electron chi connectivity index (χ3n) is 3.64. The van der Waals surface area contributed by atoms with Gasteiger partial charge in [-0.1, -0.05) is 24.3 Å². The van der Waals surface area contributed by atoms with Crippen LogP contribution in [-0.4, -0.2) is 42.7 Å². The highest BCUT2D eigenvalue weighted by atomic mass is 127. The summed E-state index contributed by atoms with van der Waals surface area (Å²) >= 11 is 0. The monoisotopic (exact) mass is 507 g/mol.